The third-order valence-corrected chi connectivity index (χ3v) is 4.66. The standard InChI is InChI=1S/C17H24N2O3/c20-11-13-6-1-3-7-15(13)19-17(21)18-10-14-9-12-5-2-4-8-16(12)22-14/h2,4-5,8,13-15,20H,1,3,6-7,9-11H2,(H2,18,19,21). The number of aliphatic hydroxyl groups excluding tert-OH is 1. The number of hydrogen-bond donors (Lipinski definition) is 3. The van der Waals surface area contributed by atoms with Crippen molar-refractivity contribution in [3.8, 4) is 5.75 Å². The highest BCUT2D eigenvalue weighted by Crippen LogP contribution is 2.27. The van der Waals surface area contributed by atoms with Crippen LogP contribution in [0.2, 0.25) is 0 Å². The van der Waals surface area contributed by atoms with Gasteiger partial charge >= 0.3 is 6.03 Å². The highest BCUT2D eigenvalue weighted by molar-refractivity contribution is 5.74. The molecule has 1 aromatic rings. The molecule has 1 aromatic carbocycles. The largest absolute Gasteiger partial charge is 0.488 e. The Balaban J connectivity index is 1.43. The SMILES string of the molecule is O=C(NCC1Cc2ccccc2O1)NC1CCCCC1CO. The summed E-state index contributed by atoms with van der Waals surface area (Å²) in [5.41, 5.74) is 1.20. The molecule has 0 saturated heterocycles. The van der Waals surface area contributed by atoms with Gasteiger partial charge in [0.25, 0.3) is 0 Å². The summed E-state index contributed by atoms with van der Waals surface area (Å²) in [6.45, 7) is 0.642. The number of ether oxygens (including phenoxy) is 1. The summed E-state index contributed by atoms with van der Waals surface area (Å²) in [5, 5.41) is 15.3. The second kappa shape index (κ2) is 7.01. The van der Waals surface area contributed by atoms with Gasteiger partial charge in [0.1, 0.15) is 11.9 Å². The maximum Gasteiger partial charge on any atom is 0.315 e. The van der Waals surface area contributed by atoms with E-state index in [1.54, 1.807) is 0 Å². The predicted octanol–water partition coefficient (Wildman–Crippen LogP) is 1.84. The van der Waals surface area contributed by atoms with Crippen LogP contribution in [0.4, 0.5) is 4.79 Å². The van der Waals surface area contributed by atoms with Gasteiger partial charge in [0, 0.05) is 25.0 Å². The van der Waals surface area contributed by atoms with E-state index in [4.69, 9.17) is 4.74 Å². The average Bonchev–Trinajstić information content (AvgIpc) is 2.96. The summed E-state index contributed by atoms with van der Waals surface area (Å²) in [6, 6.07) is 7.90. The van der Waals surface area contributed by atoms with Gasteiger partial charge in [-0.05, 0) is 24.5 Å². The van der Waals surface area contributed by atoms with Crippen LogP contribution < -0.4 is 15.4 Å². The van der Waals surface area contributed by atoms with Crippen LogP contribution in [-0.4, -0.2) is 36.4 Å². The third-order valence-electron chi connectivity index (χ3n) is 4.66. The van der Waals surface area contributed by atoms with E-state index < -0.39 is 0 Å². The van der Waals surface area contributed by atoms with Crippen LogP contribution in [0.3, 0.4) is 0 Å². The molecule has 1 fully saturated rings. The number of para-hydroxylation sites is 1. The van der Waals surface area contributed by atoms with Crippen molar-refractivity contribution in [1.29, 1.82) is 0 Å². The Morgan fingerprint density at radius 3 is 2.91 bits per heavy atom. The van der Waals surface area contributed by atoms with Gasteiger partial charge in [0.15, 0.2) is 0 Å². The van der Waals surface area contributed by atoms with Gasteiger partial charge in [-0.1, -0.05) is 31.0 Å². The van der Waals surface area contributed by atoms with Crippen molar-refractivity contribution in [2.24, 2.45) is 5.92 Å². The Labute approximate surface area is 131 Å². The minimum atomic E-state index is -0.162. The molecule has 0 spiro atoms. The zero-order valence-corrected chi connectivity index (χ0v) is 12.8. The van der Waals surface area contributed by atoms with Crippen LogP contribution in [-0.2, 0) is 6.42 Å². The molecule has 0 radical (unpaired) electrons. The lowest BCUT2D eigenvalue weighted by Gasteiger charge is -2.30. The van der Waals surface area contributed by atoms with Gasteiger partial charge < -0.3 is 20.5 Å². The molecule has 5 heteroatoms. The van der Waals surface area contributed by atoms with Crippen molar-refractivity contribution >= 4 is 6.03 Å². The number of fused-ring (bicyclic) bond motifs is 1. The molecular formula is C17H24N2O3. The van der Waals surface area contributed by atoms with Gasteiger partial charge in [0.2, 0.25) is 0 Å². The molecule has 1 aliphatic carbocycles. The number of benzene rings is 1. The smallest absolute Gasteiger partial charge is 0.315 e. The summed E-state index contributed by atoms with van der Waals surface area (Å²) in [4.78, 5) is 12.0. The highest BCUT2D eigenvalue weighted by atomic mass is 16.5. The molecule has 1 saturated carbocycles. The number of carbonyl (C=O) groups excluding carboxylic acids is 1. The molecule has 3 N–H and O–H groups in total. The van der Waals surface area contributed by atoms with Crippen molar-refractivity contribution in [3.05, 3.63) is 29.8 Å². The second-order valence-corrected chi connectivity index (χ2v) is 6.24. The van der Waals surface area contributed by atoms with Crippen LogP contribution >= 0.6 is 0 Å². The lowest BCUT2D eigenvalue weighted by atomic mass is 9.85. The van der Waals surface area contributed by atoms with E-state index in [-0.39, 0.29) is 30.7 Å². The monoisotopic (exact) mass is 304 g/mol. The average molecular weight is 304 g/mol. The molecule has 5 nitrogen and oxygen atoms in total. The Bertz CT molecular complexity index is 495. The lowest BCUT2D eigenvalue weighted by molar-refractivity contribution is 0.152. The van der Waals surface area contributed by atoms with Gasteiger partial charge in [-0.25, -0.2) is 4.79 Å². The van der Waals surface area contributed by atoms with Crippen LogP contribution in [0, 0.1) is 5.92 Å². The fourth-order valence-corrected chi connectivity index (χ4v) is 3.41. The van der Waals surface area contributed by atoms with Crippen molar-refractivity contribution in [2.45, 2.75) is 44.2 Å². The van der Waals surface area contributed by atoms with Crippen molar-refractivity contribution in [2.75, 3.05) is 13.2 Å². The van der Waals surface area contributed by atoms with E-state index in [0.717, 1.165) is 37.9 Å². The lowest BCUT2D eigenvalue weighted by Crippen LogP contribution is -2.49. The van der Waals surface area contributed by atoms with E-state index >= 15 is 0 Å². The normalized spacial score (nSPS) is 26.9. The fourth-order valence-electron chi connectivity index (χ4n) is 3.41. The van der Waals surface area contributed by atoms with Crippen molar-refractivity contribution < 1.29 is 14.6 Å². The number of urea groups is 1. The minimum absolute atomic E-state index is 0.00291. The molecular weight excluding hydrogens is 280 g/mol. The van der Waals surface area contributed by atoms with Crippen LogP contribution in [0.15, 0.2) is 24.3 Å². The van der Waals surface area contributed by atoms with Crippen LogP contribution in [0.25, 0.3) is 0 Å². The van der Waals surface area contributed by atoms with Gasteiger partial charge in [-0.15, -0.1) is 0 Å². The van der Waals surface area contributed by atoms with E-state index in [1.807, 2.05) is 18.2 Å². The Hall–Kier alpha value is -1.75. The van der Waals surface area contributed by atoms with Gasteiger partial charge in [-0.3, -0.25) is 0 Å². The molecule has 22 heavy (non-hydrogen) atoms. The Morgan fingerprint density at radius 2 is 2.09 bits per heavy atom. The fraction of sp³-hybridized carbons (Fsp3) is 0.588. The first-order valence-corrected chi connectivity index (χ1v) is 8.16. The molecule has 0 aromatic heterocycles. The topological polar surface area (TPSA) is 70.6 Å². The maximum absolute atomic E-state index is 12.0. The number of nitrogens with one attached hydrogen (secondary N) is 2. The quantitative estimate of drug-likeness (QED) is 0.795. The number of hydrogen-bond acceptors (Lipinski definition) is 3. The molecule has 120 valence electrons. The molecule has 3 atom stereocenters. The number of rotatable bonds is 4. The number of amides is 2. The second-order valence-electron chi connectivity index (χ2n) is 6.24. The molecule has 0 bridgehead atoms. The van der Waals surface area contributed by atoms with E-state index in [9.17, 15) is 9.90 Å². The predicted molar refractivity (Wildman–Crippen MR) is 83.9 cm³/mol. The summed E-state index contributed by atoms with van der Waals surface area (Å²) < 4.78 is 5.81. The van der Waals surface area contributed by atoms with E-state index in [1.165, 1.54) is 5.56 Å². The summed E-state index contributed by atoms with van der Waals surface area (Å²) >= 11 is 0. The van der Waals surface area contributed by atoms with Gasteiger partial charge in [0.05, 0.1) is 6.54 Å². The molecule has 3 rings (SSSR count). The van der Waals surface area contributed by atoms with E-state index in [2.05, 4.69) is 16.7 Å². The van der Waals surface area contributed by atoms with Crippen LogP contribution in [0.1, 0.15) is 31.2 Å². The molecule has 3 unspecified atom stereocenters. The minimum Gasteiger partial charge on any atom is -0.488 e. The Kier molecular flexibility index (Phi) is 4.83. The molecule has 1 heterocycles. The number of carbonyl (C=O) groups is 1. The summed E-state index contributed by atoms with van der Waals surface area (Å²) in [5.74, 6) is 1.11. The third kappa shape index (κ3) is 3.53. The number of aliphatic hydroxyl groups is 1. The highest BCUT2D eigenvalue weighted by Gasteiger charge is 2.27. The maximum atomic E-state index is 12.0. The Morgan fingerprint density at radius 1 is 1.27 bits per heavy atom. The van der Waals surface area contributed by atoms with Crippen LogP contribution in [0.5, 0.6) is 5.75 Å². The van der Waals surface area contributed by atoms with Crippen molar-refractivity contribution in [1.82, 2.24) is 10.6 Å². The first-order valence-electron chi connectivity index (χ1n) is 8.16. The first kappa shape index (κ1) is 15.2. The summed E-state index contributed by atoms with van der Waals surface area (Å²) in [7, 11) is 0. The molecule has 1 aliphatic heterocycles. The van der Waals surface area contributed by atoms with Gasteiger partial charge in [-0.2, -0.15) is 0 Å². The van der Waals surface area contributed by atoms with Crippen molar-refractivity contribution in [3.63, 3.8) is 0 Å². The zero-order valence-electron chi connectivity index (χ0n) is 12.8. The van der Waals surface area contributed by atoms with E-state index in [0.29, 0.717) is 6.54 Å². The summed E-state index contributed by atoms with van der Waals surface area (Å²) in [6.07, 6.45) is 5.02. The molecule has 2 amide bonds. The first-order chi connectivity index (χ1) is 10.8. The zero-order chi connectivity index (χ0) is 15.4. The molecule has 2 aliphatic rings.